The number of hydrogen-bond acceptors (Lipinski definition) is 4. The van der Waals surface area contributed by atoms with Crippen molar-refractivity contribution in [2.24, 2.45) is 5.73 Å². The molecule has 27 heavy (non-hydrogen) atoms. The maximum Gasteiger partial charge on any atom is 0.244 e. The van der Waals surface area contributed by atoms with E-state index in [1.165, 1.54) is 12.1 Å². The summed E-state index contributed by atoms with van der Waals surface area (Å²) in [4.78, 5) is 0. The van der Waals surface area contributed by atoms with Crippen molar-refractivity contribution in [3.8, 4) is 23.2 Å². The average Bonchev–Trinajstić information content (AvgIpc) is 3.04. The molecule has 6 heteroatoms. The molecule has 2 aromatic carbocycles. The highest BCUT2D eigenvalue weighted by Gasteiger charge is 2.35. The van der Waals surface area contributed by atoms with E-state index in [2.05, 4.69) is 22.3 Å². The first-order valence-electron chi connectivity index (χ1n) is 8.48. The summed E-state index contributed by atoms with van der Waals surface area (Å²) < 4.78 is 19.0. The molecule has 134 valence electrons. The van der Waals surface area contributed by atoms with E-state index in [1.54, 1.807) is 12.1 Å². The van der Waals surface area contributed by atoms with Gasteiger partial charge in [0.25, 0.3) is 0 Å². The first kappa shape index (κ1) is 16.9. The quantitative estimate of drug-likeness (QED) is 0.722. The zero-order chi connectivity index (χ0) is 19.1. The van der Waals surface area contributed by atoms with Gasteiger partial charge < -0.3 is 10.5 Å². The fourth-order valence-corrected chi connectivity index (χ4v) is 3.53. The predicted octanol–water partition coefficient (Wildman–Crippen LogP) is 4.05. The number of hydrogen-bond donors (Lipinski definition) is 2. The highest BCUT2D eigenvalue weighted by molar-refractivity contribution is 5.73. The normalized spacial score (nSPS) is 15.9. The van der Waals surface area contributed by atoms with Gasteiger partial charge in [-0.2, -0.15) is 5.26 Å². The van der Waals surface area contributed by atoms with E-state index in [4.69, 9.17) is 10.5 Å². The lowest BCUT2D eigenvalue weighted by Crippen LogP contribution is -2.21. The van der Waals surface area contributed by atoms with Crippen LogP contribution in [0.4, 0.5) is 4.39 Å². The Kier molecular flexibility index (Phi) is 3.93. The Hall–Kier alpha value is -3.59. The van der Waals surface area contributed by atoms with E-state index < -0.39 is 5.92 Å². The van der Waals surface area contributed by atoms with Crippen molar-refractivity contribution in [3.05, 3.63) is 82.0 Å². The molecule has 0 spiro atoms. The van der Waals surface area contributed by atoms with Crippen LogP contribution < -0.4 is 10.5 Å². The number of H-pyrrole nitrogens is 1. The van der Waals surface area contributed by atoms with Crippen LogP contribution in [0.15, 0.2) is 53.9 Å². The third-order valence-electron chi connectivity index (χ3n) is 4.79. The third-order valence-corrected chi connectivity index (χ3v) is 4.79. The number of benzene rings is 2. The standard InChI is InChI=1S/C21H17FN4O/c1-11-3-8-15(12(2)9-11)19-18-17(13-4-6-14(22)7-5-13)16(10-23)20(24)27-21(18)26-25-19/h3-9,17H,24H2,1-2H3,(H,25,26)/t17-/m0/s1. The molecule has 5 nitrogen and oxygen atoms in total. The lowest BCUT2D eigenvalue weighted by molar-refractivity contribution is 0.379. The van der Waals surface area contributed by atoms with Gasteiger partial charge in [-0.1, -0.05) is 35.9 Å². The summed E-state index contributed by atoms with van der Waals surface area (Å²) in [6.45, 7) is 4.04. The van der Waals surface area contributed by atoms with E-state index in [-0.39, 0.29) is 17.3 Å². The molecule has 4 rings (SSSR count). The average molecular weight is 360 g/mol. The Morgan fingerprint density at radius 1 is 1.19 bits per heavy atom. The molecule has 0 bridgehead atoms. The molecular weight excluding hydrogens is 343 g/mol. The highest BCUT2D eigenvalue weighted by atomic mass is 19.1. The second-order valence-corrected chi connectivity index (χ2v) is 6.61. The van der Waals surface area contributed by atoms with E-state index in [1.807, 2.05) is 26.0 Å². The van der Waals surface area contributed by atoms with Crippen molar-refractivity contribution in [2.75, 3.05) is 0 Å². The fraction of sp³-hybridized carbons (Fsp3) is 0.143. The molecular formula is C21H17FN4O. The second-order valence-electron chi connectivity index (χ2n) is 6.61. The first-order valence-corrected chi connectivity index (χ1v) is 8.48. The number of rotatable bonds is 2. The van der Waals surface area contributed by atoms with Gasteiger partial charge in [0.2, 0.25) is 11.8 Å². The van der Waals surface area contributed by atoms with Gasteiger partial charge in [-0.05, 0) is 37.1 Å². The summed E-state index contributed by atoms with van der Waals surface area (Å²) >= 11 is 0. The van der Waals surface area contributed by atoms with E-state index in [0.717, 1.165) is 33.5 Å². The lowest BCUT2D eigenvalue weighted by Gasteiger charge is -2.24. The molecule has 0 saturated carbocycles. The monoisotopic (exact) mass is 360 g/mol. The molecule has 1 aliphatic rings. The summed E-state index contributed by atoms with van der Waals surface area (Å²) in [6, 6.07) is 14.3. The summed E-state index contributed by atoms with van der Waals surface area (Å²) in [5.41, 5.74) is 11.7. The number of halogens is 1. The van der Waals surface area contributed by atoms with Gasteiger partial charge in [-0.3, -0.25) is 5.10 Å². The number of fused-ring (bicyclic) bond motifs is 1. The molecule has 3 aromatic rings. The van der Waals surface area contributed by atoms with Crippen LogP contribution in [0, 0.1) is 31.0 Å². The third kappa shape index (κ3) is 2.74. The van der Waals surface area contributed by atoms with Crippen LogP contribution in [0.25, 0.3) is 11.3 Å². The van der Waals surface area contributed by atoms with Crippen LogP contribution in [0.2, 0.25) is 0 Å². The van der Waals surface area contributed by atoms with Gasteiger partial charge in [-0.25, -0.2) is 4.39 Å². The Balaban J connectivity index is 1.96. The van der Waals surface area contributed by atoms with Crippen molar-refractivity contribution < 1.29 is 9.13 Å². The molecule has 0 radical (unpaired) electrons. The molecule has 1 aromatic heterocycles. The van der Waals surface area contributed by atoms with Gasteiger partial charge in [0.05, 0.1) is 17.2 Å². The summed E-state index contributed by atoms with van der Waals surface area (Å²) in [5, 5.41) is 17.0. The molecule has 0 aliphatic carbocycles. The zero-order valence-corrected chi connectivity index (χ0v) is 14.9. The Morgan fingerprint density at radius 3 is 2.59 bits per heavy atom. The second kappa shape index (κ2) is 6.29. The minimum absolute atomic E-state index is 0.0120. The largest absolute Gasteiger partial charge is 0.420 e. The minimum Gasteiger partial charge on any atom is -0.420 e. The fourth-order valence-electron chi connectivity index (χ4n) is 3.53. The molecule has 0 amide bonds. The Bertz CT molecular complexity index is 1110. The minimum atomic E-state index is -0.492. The van der Waals surface area contributed by atoms with E-state index in [0.29, 0.717) is 5.88 Å². The van der Waals surface area contributed by atoms with Crippen LogP contribution in [0.3, 0.4) is 0 Å². The zero-order valence-electron chi connectivity index (χ0n) is 14.9. The summed E-state index contributed by atoms with van der Waals surface area (Å²) in [5.74, 6) is -0.495. The number of allylic oxidation sites excluding steroid dienone is 1. The molecule has 2 heterocycles. The van der Waals surface area contributed by atoms with Crippen molar-refractivity contribution >= 4 is 0 Å². The van der Waals surface area contributed by atoms with Crippen molar-refractivity contribution in [1.29, 1.82) is 5.26 Å². The van der Waals surface area contributed by atoms with Crippen LogP contribution >= 0.6 is 0 Å². The van der Waals surface area contributed by atoms with Gasteiger partial charge in [-0.15, -0.1) is 5.10 Å². The van der Waals surface area contributed by atoms with Crippen molar-refractivity contribution in [1.82, 2.24) is 10.2 Å². The van der Waals surface area contributed by atoms with Gasteiger partial charge in [0.15, 0.2) is 0 Å². The lowest BCUT2D eigenvalue weighted by atomic mass is 9.82. The number of aromatic nitrogens is 2. The summed E-state index contributed by atoms with van der Waals surface area (Å²) in [7, 11) is 0. The van der Waals surface area contributed by atoms with Crippen molar-refractivity contribution in [2.45, 2.75) is 19.8 Å². The van der Waals surface area contributed by atoms with Crippen molar-refractivity contribution in [3.63, 3.8) is 0 Å². The Labute approximate surface area is 155 Å². The molecule has 3 N–H and O–H groups in total. The maximum atomic E-state index is 13.4. The van der Waals surface area contributed by atoms with Gasteiger partial charge >= 0.3 is 0 Å². The number of nitriles is 1. The maximum absolute atomic E-state index is 13.4. The molecule has 0 fully saturated rings. The number of aromatic amines is 1. The SMILES string of the molecule is Cc1ccc(-c2[nH]nc3c2[C@@H](c2ccc(F)cc2)C(C#N)=C(N)O3)c(C)c1. The van der Waals surface area contributed by atoms with Crippen LogP contribution in [0.1, 0.15) is 28.2 Å². The molecule has 0 saturated heterocycles. The number of nitrogens with one attached hydrogen (secondary N) is 1. The first-order chi connectivity index (χ1) is 13.0. The van der Waals surface area contributed by atoms with E-state index in [9.17, 15) is 9.65 Å². The number of nitrogens with zero attached hydrogens (tertiary/aromatic N) is 2. The number of nitrogens with two attached hydrogens (primary N) is 1. The molecule has 0 unspecified atom stereocenters. The summed E-state index contributed by atoms with van der Waals surface area (Å²) in [6.07, 6.45) is 0. The van der Waals surface area contributed by atoms with Crippen LogP contribution in [-0.4, -0.2) is 10.2 Å². The van der Waals surface area contributed by atoms with E-state index >= 15 is 0 Å². The molecule has 1 atom stereocenters. The van der Waals surface area contributed by atoms with Gasteiger partial charge in [0.1, 0.15) is 17.5 Å². The van der Waals surface area contributed by atoms with Gasteiger partial charge in [0, 0.05) is 5.56 Å². The molecule has 1 aliphatic heterocycles. The Morgan fingerprint density at radius 2 is 1.93 bits per heavy atom. The smallest absolute Gasteiger partial charge is 0.244 e. The highest BCUT2D eigenvalue weighted by Crippen LogP contribution is 2.46. The number of ether oxygens (including phenoxy) is 1. The number of aryl methyl sites for hydroxylation is 2. The van der Waals surface area contributed by atoms with Crippen LogP contribution in [0.5, 0.6) is 5.88 Å². The van der Waals surface area contributed by atoms with Crippen LogP contribution in [-0.2, 0) is 0 Å². The predicted molar refractivity (Wildman–Crippen MR) is 99.2 cm³/mol. The topological polar surface area (TPSA) is 87.7 Å².